The largest absolute Gasteiger partial charge is 0.390 e. The fourth-order valence-corrected chi connectivity index (χ4v) is 1.59. The fourth-order valence-electron chi connectivity index (χ4n) is 1.37. The van der Waals surface area contributed by atoms with Crippen molar-refractivity contribution >= 4 is 11.6 Å². The molecule has 0 aliphatic heterocycles. The third-order valence-electron chi connectivity index (χ3n) is 2.14. The number of aliphatic hydroxyl groups excluding tert-OH is 1. The Labute approximate surface area is 101 Å². The van der Waals surface area contributed by atoms with Crippen molar-refractivity contribution in [3.05, 3.63) is 57.2 Å². The molecule has 0 spiro atoms. The number of benzene rings is 1. The van der Waals surface area contributed by atoms with Gasteiger partial charge in [0.1, 0.15) is 11.5 Å². The van der Waals surface area contributed by atoms with E-state index in [1.165, 1.54) is 35.1 Å². The van der Waals surface area contributed by atoms with Gasteiger partial charge in [0.2, 0.25) is 5.43 Å². The second kappa shape index (κ2) is 4.65. The first-order valence-electron chi connectivity index (χ1n) is 4.76. The summed E-state index contributed by atoms with van der Waals surface area (Å²) >= 11 is 5.71. The van der Waals surface area contributed by atoms with E-state index in [4.69, 9.17) is 16.7 Å². The predicted octanol–water partition coefficient (Wildman–Crippen LogP) is 1.52. The molecule has 2 rings (SSSR count). The van der Waals surface area contributed by atoms with Gasteiger partial charge in [-0.2, -0.15) is 5.10 Å². The summed E-state index contributed by atoms with van der Waals surface area (Å²) in [6, 6.07) is 5.14. The average Bonchev–Trinajstić information content (AvgIpc) is 2.28. The zero-order chi connectivity index (χ0) is 12.4. The van der Waals surface area contributed by atoms with Crippen molar-refractivity contribution in [3.63, 3.8) is 0 Å². The van der Waals surface area contributed by atoms with E-state index in [1.807, 2.05) is 0 Å². The SMILES string of the molecule is O=c1ccn(-c2cc(F)cc(Cl)c2)nc1CO. The number of hydrogen-bond acceptors (Lipinski definition) is 3. The van der Waals surface area contributed by atoms with Crippen LogP contribution in [0.4, 0.5) is 4.39 Å². The Balaban J connectivity index is 2.56. The van der Waals surface area contributed by atoms with Crippen molar-refractivity contribution in [2.24, 2.45) is 0 Å². The van der Waals surface area contributed by atoms with Crippen molar-refractivity contribution in [1.82, 2.24) is 9.78 Å². The molecule has 1 aromatic heterocycles. The third-order valence-corrected chi connectivity index (χ3v) is 2.36. The molecule has 1 aromatic carbocycles. The Morgan fingerprint density at radius 1 is 1.41 bits per heavy atom. The number of halogens is 2. The van der Waals surface area contributed by atoms with Crippen LogP contribution in [-0.4, -0.2) is 14.9 Å². The van der Waals surface area contributed by atoms with E-state index in [0.717, 1.165) is 0 Å². The Kier molecular flexibility index (Phi) is 3.21. The monoisotopic (exact) mass is 254 g/mol. The van der Waals surface area contributed by atoms with Crippen LogP contribution < -0.4 is 5.43 Å². The molecule has 0 aliphatic rings. The second-order valence-corrected chi connectivity index (χ2v) is 3.79. The maximum atomic E-state index is 13.1. The minimum Gasteiger partial charge on any atom is -0.390 e. The molecule has 0 atom stereocenters. The van der Waals surface area contributed by atoms with E-state index in [2.05, 4.69) is 5.10 Å². The van der Waals surface area contributed by atoms with Gasteiger partial charge in [-0.05, 0) is 18.2 Å². The minimum absolute atomic E-state index is 0.00659. The highest BCUT2D eigenvalue weighted by Gasteiger charge is 2.04. The molecule has 0 amide bonds. The molecule has 0 saturated heterocycles. The maximum absolute atomic E-state index is 13.1. The van der Waals surface area contributed by atoms with E-state index in [1.54, 1.807) is 0 Å². The van der Waals surface area contributed by atoms with Gasteiger partial charge < -0.3 is 5.11 Å². The minimum atomic E-state index is -0.501. The Bertz CT molecular complexity index is 592. The highest BCUT2D eigenvalue weighted by molar-refractivity contribution is 6.30. The summed E-state index contributed by atoms with van der Waals surface area (Å²) in [7, 11) is 0. The van der Waals surface area contributed by atoms with Gasteiger partial charge in [0.15, 0.2) is 0 Å². The molecular formula is C11H8ClFN2O2. The zero-order valence-electron chi connectivity index (χ0n) is 8.60. The highest BCUT2D eigenvalue weighted by atomic mass is 35.5. The number of aliphatic hydroxyl groups is 1. The lowest BCUT2D eigenvalue weighted by Gasteiger charge is -2.06. The lowest BCUT2D eigenvalue weighted by atomic mass is 10.3. The number of nitrogens with zero attached hydrogens (tertiary/aromatic N) is 2. The Morgan fingerprint density at radius 3 is 2.82 bits per heavy atom. The summed E-state index contributed by atoms with van der Waals surface area (Å²) in [4.78, 5) is 11.2. The first-order chi connectivity index (χ1) is 8.10. The van der Waals surface area contributed by atoms with Gasteiger partial charge in [-0.15, -0.1) is 0 Å². The first kappa shape index (κ1) is 11.8. The van der Waals surface area contributed by atoms with Crippen LogP contribution in [0.2, 0.25) is 5.02 Å². The van der Waals surface area contributed by atoms with Crippen LogP contribution in [0.1, 0.15) is 5.69 Å². The molecule has 1 heterocycles. The number of aromatic nitrogens is 2. The fraction of sp³-hybridized carbons (Fsp3) is 0.0909. The molecule has 0 saturated carbocycles. The number of rotatable bonds is 2. The predicted molar refractivity (Wildman–Crippen MR) is 60.7 cm³/mol. The van der Waals surface area contributed by atoms with Gasteiger partial charge >= 0.3 is 0 Å². The molecular weight excluding hydrogens is 247 g/mol. The summed E-state index contributed by atoms with van der Waals surface area (Å²) in [5.74, 6) is -0.501. The first-order valence-corrected chi connectivity index (χ1v) is 5.14. The molecule has 6 heteroatoms. The highest BCUT2D eigenvalue weighted by Crippen LogP contribution is 2.16. The summed E-state index contributed by atoms with van der Waals surface area (Å²) < 4.78 is 14.4. The van der Waals surface area contributed by atoms with E-state index in [0.29, 0.717) is 5.69 Å². The smallest absolute Gasteiger partial charge is 0.205 e. The molecule has 17 heavy (non-hydrogen) atoms. The van der Waals surface area contributed by atoms with Gasteiger partial charge in [-0.3, -0.25) is 4.79 Å². The van der Waals surface area contributed by atoms with E-state index >= 15 is 0 Å². The molecule has 88 valence electrons. The topological polar surface area (TPSA) is 55.1 Å². The summed E-state index contributed by atoms with van der Waals surface area (Å²) in [6.07, 6.45) is 1.38. The van der Waals surface area contributed by atoms with Crippen molar-refractivity contribution < 1.29 is 9.50 Å². The molecule has 0 bridgehead atoms. The molecule has 0 unspecified atom stereocenters. The van der Waals surface area contributed by atoms with Crippen molar-refractivity contribution in [2.45, 2.75) is 6.61 Å². The number of hydrogen-bond donors (Lipinski definition) is 1. The van der Waals surface area contributed by atoms with Gasteiger partial charge in [-0.1, -0.05) is 11.6 Å². The molecule has 0 aliphatic carbocycles. The van der Waals surface area contributed by atoms with Gasteiger partial charge in [0.05, 0.1) is 12.3 Å². The second-order valence-electron chi connectivity index (χ2n) is 3.36. The molecule has 0 fully saturated rings. The quantitative estimate of drug-likeness (QED) is 0.884. The van der Waals surface area contributed by atoms with E-state index in [-0.39, 0.29) is 16.1 Å². The van der Waals surface area contributed by atoms with Gasteiger partial charge in [0, 0.05) is 17.3 Å². The van der Waals surface area contributed by atoms with Crippen LogP contribution in [0.3, 0.4) is 0 Å². The standard InChI is InChI=1S/C11H8ClFN2O2/c12-7-3-8(13)5-9(4-7)15-2-1-11(17)10(6-16)14-15/h1-5,16H,6H2. The Hall–Kier alpha value is -1.72. The van der Waals surface area contributed by atoms with Crippen molar-refractivity contribution in [2.75, 3.05) is 0 Å². The molecule has 2 aromatic rings. The third kappa shape index (κ3) is 2.51. The van der Waals surface area contributed by atoms with Gasteiger partial charge in [0.25, 0.3) is 0 Å². The molecule has 1 N–H and O–H groups in total. The summed E-state index contributed by atoms with van der Waals surface area (Å²) in [5, 5.41) is 13.0. The van der Waals surface area contributed by atoms with E-state index < -0.39 is 12.4 Å². The van der Waals surface area contributed by atoms with Gasteiger partial charge in [-0.25, -0.2) is 9.07 Å². The normalized spacial score (nSPS) is 10.5. The van der Waals surface area contributed by atoms with Crippen LogP contribution in [0, 0.1) is 5.82 Å². The average molecular weight is 255 g/mol. The summed E-state index contributed by atoms with van der Waals surface area (Å²) in [5.41, 5.74) is 0.00355. The zero-order valence-corrected chi connectivity index (χ0v) is 9.36. The van der Waals surface area contributed by atoms with Crippen LogP contribution in [0.15, 0.2) is 35.3 Å². The Morgan fingerprint density at radius 2 is 2.18 bits per heavy atom. The maximum Gasteiger partial charge on any atom is 0.205 e. The molecule has 0 radical (unpaired) electrons. The lowest BCUT2D eigenvalue weighted by Crippen LogP contribution is -2.15. The van der Waals surface area contributed by atoms with Crippen molar-refractivity contribution in [3.8, 4) is 5.69 Å². The van der Waals surface area contributed by atoms with Crippen LogP contribution in [-0.2, 0) is 6.61 Å². The lowest BCUT2D eigenvalue weighted by molar-refractivity contribution is 0.273. The van der Waals surface area contributed by atoms with Crippen LogP contribution in [0.5, 0.6) is 0 Å². The van der Waals surface area contributed by atoms with Crippen LogP contribution >= 0.6 is 11.6 Å². The summed E-state index contributed by atoms with van der Waals surface area (Å²) in [6.45, 7) is -0.470. The van der Waals surface area contributed by atoms with Crippen molar-refractivity contribution in [1.29, 1.82) is 0 Å². The van der Waals surface area contributed by atoms with Crippen LogP contribution in [0.25, 0.3) is 5.69 Å². The van der Waals surface area contributed by atoms with E-state index in [9.17, 15) is 9.18 Å². The molecule has 4 nitrogen and oxygen atoms in total.